The molecule has 3 aromatic rings. The number of rotatable bonds is 8. The van der Waals surface area contributed by atoms with E-state index in [9.17, 15) is 10.2 Å². The van der Waals surface area contributed by atoms with Gasteiger partial charge < -0.3 is 26.4 Å². The van der Waals surface area contributed by atoms with Gasteiger partial charge >= 0.3 is 0 Å². The first kappa shape index (κ1) is 30.7. The summed E-state index contributed by atoms with van der Waals surface area (Å²) in [5.41, 5.74) is 17.4. The summed E-state index contributed by atoms with van der Waals surface area (Å²) in [4.78, 5) is 15.0. The van der Waals surface area contributed by atoms with E-state index < -0.39 is 24.5 Å². The topological polar surface area (TPSA) is 161 Å². The number of hydrogen-bond donors (Lipinski definition) is 3. The number of aromatic nitrogens is 4. The van der Waals surface area contributed by atoms with Gasteiger partial charge in [-0.2, -0.15) is 4.98 Å². The minimum Gasteiger partial charge on any atom is -0.699 e. The van der Waals surface area contributed by atoms with E-state index in [1.165, 1.54) is 11.9 Å². The van der Waals surface area contributed by atoms with Gasteiger partial charge in [-0.15, -0.1) is 12.2 Å². The number of nitrogens with one attached hydrogen (secondary N) is 2. The number of aliphatic hydroxyl groups excluding tert-OH is 2. The monoisotopic (exact) mass is 574 g/mol. The van der Waals surface area contributed by atoms with Crippen molar-refractivity contribution in [2.24, 2.45) is 0 Å². The zero-order valence-corrected chi connectivity index (χ0v) is 24.2. The molecule has 1 radical (unpaired) electrons. The second kappa shape index (κ2) is 14.4. The number of ether oxygens (including phenoxy) is 1. The van der Waals surface area contributed by atoms with Gasteiger partial charge in [-0.25, -0.2) is 9.97 Å². The minimum atomic E-state index is -1.08. The van der Waals surface area contributed by atoms with Crippen LogP contribution in [0.3, 0.4) is 0 Å². The summed E-state index contributed by atoms with van der Waals surface area (Å²) in [6, 6.07) is 7.70. The predicted octanol–water partition coefficient (Wildman–Crippen LogP) is 2.10. The molecule has 1 aliphatic heterocycles. The van der Waals surface area contributed by atoms with Crippen LogP contribution in [0.2, 0.25) is 0 Å². The fourth-order valence-electron chi connectivity index (χ4n) is 4.00. The third-order valence-corrected chi connectivity index (χ3v) is 6.09. The smallest absolute Gasteiger partial charge is 0.255 e. The van der Waals surface area contributed by atoms with Crippen molar-refractivity contribution >= 4 is 22.7 Å². The van der Waals surface area contributed by atoms with Crippen LogP contribution in [0.15, 0.2) is 36.9 Å². The molecule has 0 amide bonds. The van der Waals surface area contributed by atoms with E-state index in [1.54, 1.807) is 23.0 Å². The Morgan fingerprint density at radius 2 is 1.83 bits per heavy atom. The molecule has 3 heterocycles. The molecule has 4 rings (SSSR count). The van der Waals surface area contributed by atoms with Crippen molar-refractivity contribution in [1.29, 1.82) is 0 Å². The van der Waals surface area contributed by atoms with E-state index in [4.69, 9.17) is 16.2 Å². The van der Waals surface area contributed by atoms with Crippen molar-refractivity contribution < 1.29 is 53.0 Å². The van der Waals surface area contributed by atoms with Gasteiger partial charge in [0.25, 0.3) is 5.82 Å². The number of nitrogens with zero attached hydrogens (tertiary/aromatic N) is 5. The number of benzene rings is 1. The molecular weight excluding hydrogens is 537 g/mol. The van der Waals surface area contributed by atoms with Crippen molar-refractivity contribution in [3.63, 3.8) is 0 Å². The summed E-state index contributed by atoms with van der Waals surface area (Å²) in [5, 5.41) is 23.0. The Balaban J connectivity index is 0.000000433. The predicted molar refractivity (Wildman–Crippen MR) is 134 cm³/mol. The first-order valence-corrected chi connectivity index (χ1v) is 11.9. The van der Waals surface area contributed by atoms with Crippen LogP contribution < -0.4 is 5.32 Å². The van der Waals surface area contributed by atoms with E-state index >= 15 is 0 Å². The summed E-state index contributed by atoms with van der Waals surface area (Å²) >= 11 is 0. The van der Waals surface area contributed by atoms with Gasteiger partial charge in [-0.3, -0.25) is 14.8 Å². The molecule has 1 aliphatic rings. The molecule has 12 heteroatoms. The molecule has 36 heavy (non-hydrogen) atoms. The van der Waals surface area contributed by atoms with Crippen molar-refractivity contribution in [3.8, 4) is 0 Å². The molecule has 0 aliphatic carbocycles. The van der Waals surface area contributed by atoms with Gasteiger partial charge in [0.1, 0.15) is 24.6 Å². The second-order valence-electron chi connectivity index (χ2n) is 8.98. The number of nitrogens with two attached hydrogens (primary N) is 1. The van der Waals surface area contributed by atoms with Crippen LogP contribution in [0, 0.1) is 6.92 Å². The van der Waals surface area contributed by atoms with Crippen LogP contribution in [0.1, 0.15) is 32.1 Å². The normalized spacial score (nSPS) is 21.5. The zero-order valence-electron chi connectivity index (χ0n) is 21.4. The number of quaternary nitrogens is 1. The Bertz CT molecular complexity index is 1040. The Kier molecular flexibility index (Phi) is 12.3. The van der Waals surface area contributed by atoms with Gasteiger partial charge in [0.15, 0.2) is 17.4 Å². The minimum absolute atomic E-state index is 0. The van der Waals surface area contributed by atoms with E-state index in [0.29, 0.717) is 35.8 Å². The maximum Gasteiger partial charge on any atom is 0.255 e. The van der Waals surface area contributed by atoms with E-state index in [-0.39, 0.29) is 38.8 Å². The van der Waals surface area contributed by atoms with Gasteiger partial charge in [0.05, 0.1) is 13.4 Å². The van der Waals surface area contributed by atoms with Gasteiger partial charge in [-0.05, 0) is 27.3 Å². The molecule has 1 aromatic carbocycles. The van der Waals surface area contributed by atoms with Crippen LogP contribution in [0.5, 0.6) is 0 Å². The average Bonchev–Trinajstić information content (AvgIpc) is 3.40. The van der Waals surface area contributed by atoms with Crippen LogP contribution in [-0.2, 0) is 37.4 Å². The molecule has 11 nitrogen and oxygen atoms in total. The standard InChI is InChI=1S/C17H28N7O3.C7H8N.Y/c1-10(2)23(6-4-5-18)7-11-13(25)14(26)17(27-11)24-9-22-12-15(19-3)20-8-21-16(12)24;1-6-2-4-7(8)5-3-6;/h8-11,13-14,17-18,25-26H,4-7H2,1-3H3,(H,19,20,21);2-5,8H,1H3;/q2*-1;/p+1. The van der Waals surface area contributed by atoms with Crippen molar-refractivity contribution in [2.45, 2.75) is 57.8 Å². The largest absolute Gasteiger partial charge is 0.699 e. The quantitative estimate of drug-likeness (QED) is 0.371. The maximum atomic E-state index is 10.6. The molecule has 0 saturated carbocycles. The summed E-state index contributed by atoms with van der Waals surface area (Å²) < 4.78 is 7.69. The Morgan fingerprint density at radius 1 is 1.14 bits per heavy atom. The van der Waals surface area contributed by atoms with Crippen LogP contribution in [-0.4, -0.2) is 85.7 Å². The van der Waals surface area contributed by atoms with Crippen LogP contribution >= 0.6 is 0 Å². The molecule has 1 saturated heterocycles. The maximum absolute atomic E-state index is 10.6. The SMILES string of the molecule is C[NH2+]c1ncnc2c1ncn2C1OC(CN(CCC[NH-])C(C)C)C(O)C1O.Cc1ccc([NH-])cc1.[Y]. The van der Waals surface area contributed by atoms with Gasteiger partial charge in [-0.1, -0.05) is 36.2 Å². The molecule has 0 bridgehead atoms. The van der Waals surface area contributed by atoms with E-state index in [0.717, 1.165) is 13.0 Å². The molecule has 2 aromatic heterocycles. The van der Waals surface area contributed by atoms with Crippen molar-refractivity contribution in [1.82, 2.24) is 24.4 Å². The zero-order chi connectivity index (χ0) is 25.5. The summed E-state index contributed by atoms with van der Waals surface area (Å²) in [6.45, 7) is 7.76. The molecule has 4 unspecified atom stereocenters. The Labute approximate surface area is 237 Å². The van der Waals surface area contributed by atoms with Crippen LogP contribution in [0.25, 0.3) is 22.6 Å². The molecule has 195 valence electrons. The molecule has 4 atom stereocenters. The van der Waals surface area contributed by atoms with Crippen molar-refractivity contribution in [3.05, 3.63) is 54.0 Å². The average molecular weight is 575 g/mol. The van der Waals surface area contributed by atoms with Gasteiger partial charge in [0.2, 0.25) is 0 Å². The van der Waals surface area contributed by atoms with Crippen molar-refractivity contribution in [2.75, 3.05) is 26.7 Å². The van der Waals surface area contributed by atoms with E-state index in [1.807, 2.05) is 31.4 Å². The number of aliphatic hydroxyl groups is 2. The molecule has 6 N–H and O–H groups in total. The summed E-state index contributed by atoms with van der Waals surface area (Å²) in [5.74, 6) is 0.713. The fraction of sp³-hybridized carbons (Fsp3) is 0.542. The molecule has 1 fully saturated rings. The number of hydrogen-bond acceptors (Lipinski definition) is 7. The summed E-state index contributed by atoms with van der Waals surface area (Å²) in [6.07, 6.45) is 0.383. The van der Waals surface area contributed by atoms with Gasteiger partial charge in [0, 0.05) is 45.3 Å². The number of aryl methyl sites for hydroxylation is 1. The fourth-order valence-corrected chi connectivity index (χ4v) is 4.00. The second-order valence-corrected chi connectivity index (χ2v) is 8.98. The third-order valence-electron chi connectivity index (χ3n) is 6.09. The first-order chi connectivity index (χ1) is 16.8. The number of fused-ring (bicyclic) bond motifs is 1. The van der Waals surface area contributed by atoms with E-state index in [2.05, 4.69) is 33.7 Å². The Morgan fingerprint density at radius 3 is 2.42 bits per heavy atom. The Hall–Kier alpha value is -1.57. The first-order valence-electron chi connectivity index (χ1n) is 11.9. The third kappa shape index (κ3) is 7.48. The summed E-state index contributed by atoms with van der Waals surface area (Å²) in [7, 11) is 1.87. The number of imidazole rings is 1. The molecule has 0 spiro atoms. The van der Waals surface area contributed by atoms with Crippen LogP contribution in [0.4, 0.5) is 11.5 Å². The molecular formula is C24H37N8O3Y-.